The van der Waals surface area contributed by atoms with E-state index in [0.717, 1.165) is 12.1 Å². The van der Waals surface area contributed by atoms with E-state index in [-0.39, 0.29) is 11.7 Å². The van der Waals surface area contributed by atoms with Crippen molar-refractivity contribution in [2.45, 2.75) is 11.1 Å². The van der Waals surface area contributed by atoms with Crippen LogP contribution in [0, 0.1) is 0 Å². The zero-order valence-electron chi connectivity index (χ0n) is 13.8. The predicted molar refractivity (Wildman–Crippen MR) is 95.8 cm³/mol. The maximum atomic E-state index is 12.9. The fourth-order valence-corrected chi connectivity index (χ4v) is 3.45. The van der Waals surface area contributed by atoms with E-state index in [1.807, 2.05) is 0 Å². The molecule has 3 aromatic rings. The summed E-state index contributed by atoms with van der Waals surface area (Å²) in [5.41, 5.74) is -1.10. The van der Waals surface area contributed by atoms with E-state index < -0.39 is 31.7 Å². The second kappa shape index (κ2) is 7.64. The molecule has 0 atom stereocenters. The van der Waals surface area contributed by atoms with Crippen molar-refractivity contribution < 1.29 is 26.3 Å². The van der Waals surface area contributed by atoms with Crippen LogP contribution in [0.1, 0.15) is 5.56 Å². The second-order valence-corrected chi connectivity index (χ2v) is 7.49. The molecule has 1 aromatic heterocycles. The Kier molecular flexibility index (Phi) is 5.43. The van der Waals surface area contributed by atoms with Crippen molar-refractivity contribution in [2.24, 2.45) is 0 Å². The molecule has 0 aliphatic carbocycles. The van der Waals surface area contributed by atoms with Gasteiger partial charge in [-0.25, -0.2) is 18.4 Å². The summed E-state index contributed by atoms with van der Waals surface area (Å²) in [6.07, 6.45) is -1.79. The van der Waals surface area contributed by atoms with Crippen LogP contribution in [0.5, 0.6) is 11.8 Å². The molecule has 0 unspecified atom stereocenters. The van der Waals surface area contributed by atoms with Crippen LogP contribution in [0.25, 0.3) is 0 Å². The Bertz CT molecular complexity index is 1080. The zero-order valence-corrected chi connectivity index (χ0v) is 15.4. The van der Waals surface area contributed by atoms with Gasteiger partial charge < -0.3 is 4.74 Å². The van der Waals surface area contributed by atoms with Gasteiger partial charge in [-0.2, -0.15) is 13.2 Å². The van der Waals surface area contributed by atoms with Gasteiger partial charge in [0.05, 0.1) is 15.5 Å². The molecule has 0 fully saturated rings. The maximum absolute atomic E-state index is 12.9. The fourth-order valence-electron chi connectivity index (χ4n) is 2.14. The molecular weight excluding hydrogens is 419 g/mol. The van der Waals surface area contributed by atoms with Crippen LogP contribution in [-0.4, -0.2) is 18.4 Å². The van der Waals surface area contributed by atoms with Gasteiger partial charge in [-0.15, -0.1) is 0 Å². The molecule has 0 bridgehead atoms. The van der Waals surface area contributed by atoms with Crippen LogP contribution in [0.15, 0.2) is 65.8 Å². The Morgan fingerprint density at radius 2 is 1.64 bits per heavy atom. The summed E-state index contributed by atoms with van der Waals surface area (Å²) in [7, 11) is -4.26. The van der Waals surface area contributed by atoms with Crippen LogP contribution in [0.3, 0.4) is 0 Å². The van der Waals surface area contributed by atoms with Gasteiger partial charge in [-0.3, -0.25) is 4.72 Å². The van der Waals surface area contributed by atoms with Gasteiger partial charge in [0.25, 0.3) is 10.0 Å². The average Bonchev–Trinajstić information content (AvgIpc) is 2.63. The van der Waals surface area contributed by atoms with Gasteiger partial charge in [0, 0.05) is 18.1 Å². The first-order valence-corrected chi connectivity index (χ1v) is 9.46. The van der Waals surface area contributed by atoms with E-state index >= 15 is 0 Å². The predicted octanol–water partition coefficient (Wildman–Crippen LogP) is 4.74. The molecule has 0 radical (unpaired) electrons. The first kappa shape index (κ1) is 19.9. The number of halogens is 4. The molecule has 0 spiro atoms. The molecule has 146 valence electrons. The van der Waals surface area contributed by atoms with Crippen LogP contribution in [0.2, 0.25) is 5.02 Å². The minimum atomic E-state index is -4.78. The minimum Gasteiger partial charge on any atom is -0.424 e. The molecule has 0 aliphatic rings. The molecule has 11 heteroatoms. The fraction of sp³-hybridized carbons (Fsp3) is 0.0588. The number of hydrogen-bond donors (Lipinski definition) is 1. The summed E-state index contributed by atoms with van der Waals surface area (Å²) in [6, 6.07) is 9.76. The van der Waals surface area contributed by atoms with E-state index in [9.17, 15) is 21.6 Å². The number of benzene rings is 2. The maximum Gasteiger partial charge on any atom is 0.417 e. The number of hydrogen-bond acceptors (Lipinski definition) is 5. The SMILES string of the molecule is O=S(=O)(Nc1ccc(Oc2ncccn2)cc1)c1ccc(Cl)c(C(F)(F)F)c1. The number of ether oxygens (including phenoxy) is 1. The lowest BCUT2D eigenvalue weighted by atomic mass is 10.2. The Balaban J connectivity index is 1.79. The van der Waals surface area contributed by atoms with Crippen molar-refractivity contribution in [3.63, 3.8) is 0 Å². The summed E-state index contributed by atoms with van der Waals surface area (Å²) >= 11 is 5.52. The topological polar surface area (TPSA) is 81.2 Å². The van der Waals surface area contributed by atoms with Crippen molar-refractivity contribution in [2.75, 3.05) is 4.72 Å². The van der Waals surface area contributed by atoms with Crippen molar-refractivity contribution >= 4 is 27.3 Å². The first-order chi connectivity index (χ1) is 13.1. The summed E-state index contributed by atoms with van der Waals surface area (Å²) < 4.78 is 71.2. The van der Waals surface area contributed by atoms with Crippen molar-refractivity contribution in [1.82, 2.24) is 9.97 Å². The van der Waals surface area contributed by atoms with Crippen LogP contribution in [-0.2, 0) is 16.2 Å². The van der Waals surface area contributed by atoms with E-state index in [1.165, 1.54) is 36.7 Å². The number of nitrogens with one attached hydrogen (secondary N) is 1. The van der Waals surface area contributed by atoms with Crippen LogP contribution < -0.4 is 9.46 Å². The van der Waals surface area contributed by atoms with Crippen molar-refractivity contribution in [3.8, 4) is 11.8 Å². The summed E-state index contributed by atoms with van der Waals surface area (Å²) in [5.74, 6) is 0.347. The third-order valence-corrected chi connectivity index (χ3v) is 5.12. The Morgan fingerprint density at radius 3 is 2.25 bits per heavy atom. The van der Waals surface area contributed by atoms with Gasteiger partial charge in [-0.1, -0.05) is 11.6 Å². The molecule has 0 aliphatic heterocycles. The van der Waals surface area contributed by atoms with Crippen LogP contribution in [0.4, 0.5) is 18.9 Å². The van der Waals surface area contributed by atoms with Gasteiger partial charge >= 0.3 is 12.2 Å². The molecule has 28 heavy (non-hydrogen) atoms. The lowest BCUT2D eigenvalue weighted by Crippen LogP contribution is -2.15. The highest BCUT2D eigenvalue weighted by Crippen LogP contribution is 2.36. The largest absolute Gasteiger partial charge is 0.424 e. The molecule has 0 saturated carbocycles. The number of rotatable bonds is 5. The van der Waals surface area contributed by atoms with E-state index in [4.69, 9.17) is 16.3 Å². The smallest absolute Gasteiger partial charge is 0.417 e. The van der Waals surface area contributed by atoms with E-state index in [0.29, 0.717) is 11.8 Å². The molecule has 6 nitrogen and oxygen atoms in total. The Labute approximate surface area is 163 Å². The highest BCUT2D eigenvalue weighted by Gasteiger charge is 2.34. The van der Waals surface area contributed by atoms with Gasteiger partial charge in [0.1, 0.15) is 5.75 Å². The average molecular weight is 430 g/mol. The third kappa shape index (κ3) is 4.70. The molecule has 0 saturated heterocycles. The van der Waals surface area contributed by atoms with Gasteiger partial charge in [0.15, 0.2) is 0 Å². The summed E-state index contributed by atoms with van der Waals surface area (Å²) in [6.45, 7) is 0. The number of alkyl halides is 3. The Morgan fingerprint density at radius 1 is 1.00 bits per heavy atom. The second-order valence-electron chi connectivity index (χ2n) is 5.40. The van der Waals surface area contributed by atoms with E-state index in [1.54, 1.807) is 6.07 Å². The number of nitrogens with zero attached hydrogens (tertiary/aromatic N) is 2. The number of aromatic nitrogens is 2. The standard InChI is InChI=1S/C17H11ClF3N3O3S/c18-15-7-6-13(10-14(15)17(19,20)21)28(25,26)24-11-2-4-12(5-3-11)27-16-22-8-1-9-23-16/h1-10,24H. The van der Waals surface area contributed by atoms with Gasteiger partial charge in [-0.05, 0) is 48.5 Å². The molecule has 1 N–H and O–H groups in total. The molecule has 0 amide bonds. The molecule has 3 rings (SSSR count). The van der Waals surface area contributed by atoms with Crippen molar-refractivity contribution in [3.05, 3.63) is 71.5 Å². The minimum absolute atomic E-state index is 0.108. The van der Waals surface area contributed by atoms with E-state index in [2.05, 4.69) is 14.7 Å². The highest BCUT2D eigenvalue weighted by atomic mass is 35.5. The summed E-state index contributed by atoms with van der Waals surface area (Å²) in [5, 5.41) is -0.587. The van der Waals surface area contributed by atoms with Gasteiger partial charge in [0.2, 0.25) is 0 Å². The summed E-state index contributed by atoms with van der Waals surface area (Å²) in [4.78, 5) is 7.20. The quantitative estimate of drug-likeness (QED) is 0.633. The molecular formula is C17H11ClF3N3O3S. The van der Waals surface area contributed by atoms with Crippen molar-refractivity contribution in [1.29, 1.82) is 0 Å². The monoisotopic (exact) mass is 429 g/mol. The molecule has 1 heterocycles. The highest BCUT2D eigenvalue weighted by molar-refractivity contribution is 7.92. The number of sulfonamides is 1. The lowest BCUT2D eigenvalue weighted by Gasteiger charge is -2.13. The first-order valence-electron chi connectivity index (χ1n) is 7.60. The third-order valence-electron chi connectivity index (χ3n) is 3.41. The number of anilines is 1. The lowest BCUT2D eigenvalue weighted by molar-refractivity contribution is -0.137. The Hall–Kier alpha value is -2.85. The molecule has 2 aromatic carbocycles. The van der Waals surface area contributed by atoms with Crippen LogP contribution >= 0.6 is 11.6 Å². The normalized spacial score (nSPS) is 11.9. The zero-order chi connectivity index (χ0) is 20.4.